The summed E-state index contributed by atoms with van der Waals surface area (Å²) in [5, 5.41) is 25.6. The number of nitrogens with zero attached hydrogens (tertiary/aromatic N) is 4. The Bertz CT molecular complexity index is 1740. The summed E-state index contributed by atoms with van der Waals surface area (Å²) in [6.45, 7) is 0. The van der Waals surface area contributed by atoms with Crippen molar-refractivity contribution in [3.05, 3.63) is 72.7 Å². The summed E-state index contributed by atoms with van der Waals surface area (Å²) in [6, 6.07) is 13.0. The molecular weight excluding hydrogens is 716 g/mol. The number of anilines is 2. The number of amides is 2. The van der Waals surface area contributed by atoms with E-state index in [0.717, 1.165) is 60.0 Å². The molecule has 4 heterocycles. The number of aryl methyl sites for hydroxylation is 2. The van der Waals surface area contributed by atoms with Crippen LogP contribution < -0.4 is 15.4 Å². The van der Waals surface area contributed by atoms with E-state index in [1.54, 1.807) is 17.8 Å². The molecule has 3 aromatic heterocycles. The number of rotatable bonds is 10. The van der Waals surface area contributed by atoms with E-state index in [9.17, 15) is 9.59 Å². The Morgan fingerprint density at radius 1 is 0.902 bits per heavy atom. The van der Waals surface area contributed by atoms with Gasteiger partial charge in [0.2, 0.25) is 10.3 Å². The Balaban J connectivity index is 0.907. The first kappa shape index (κ1) is 28.3. The van der Waals surface area contributed by atoms with E-state index in [2.05, 4.69) is 62.9 Å². The van der Waals surface area contributed by atoms with Gasteiger partial charge in [-0.05, 0) is 59.5 Å². The molecule has 10 nitrogen and oxygen atoms in total. The summed E-state index contributed by atoms with van der Waals surface area (Å²) < 4.78 is 13.3. The van der Waals surface area contributed by atoms with Crippen LogP contribution in [0.3, 0.4) is 0 Å². The van der Waals surface area contributed by atoms with E-state index in [4.69, 9.17) is 9.15 Å². The molecule has 1 aliphatic heterocycles. The molecular formula is C26H20Br2N6O4S3. The van der Waals surface area contributed by atoms with Crippen LogP contribution in [0.15, 0.2) is 55.8 Å². The predicted octanol–water partition coefficient (Wildman–Crippen LogP) is 6.37. The minimum atomic E-state index is -0.579. The second-order valence-corrected chi connectivity index (χ2v) is 14.1. The molecule has 6 rings (SSSR count). The van der Waals surface area contributed by atoms with E-state index >= 15 is 0 Å². The molecule has 0 aliphatic carbocycles. The topological polar surface area (TPSA) is 132 Å². The Kier molecular flexibility index (Phi) is 8.67. The van der Waals surface area contributed by atoms with Crippen LogP contribution in [-0.4, -0.2) is 49.8 Å². The molecule has 2 N–H and O–H groups in total. The molecule has 1 atom stereocenters. The zero-order valence-corrected chi connectivity index (χ0v) is 26.7. The highest BCUT2D eigenvalue weighted by molar-refractivity contribution is 9.10. The zero-order chi connectivity index (χ0) is 28.3. The number of nitrogens with one attached hydrogen (secondary N) is 2. The van der Waals surface area contributed by atoms with E-state index in [0.29, 0.717) is 22.3 Å². The van der Waals surface area contributed by atoms with Gasteiger partial charge in [0.25, 0.3) is 11.8 Å². The maximum absolute atomic E-state index is 12.6. The van der Waals surface area contributed by atoms with Crippen molar-refractivity contribution in [2.24, 2.45) is 0 Å². The molecule has 0 saturated carbocycles. The van der Waals surface area contributed by atoms with Crippen molar-refractivity contribution in [2.75, 3.05) is 22.1 Å². The van der Waals surface area contributed by atoms with E-state index in [1.807, 2.05) is 36.4 Å². The monoisotopic (exact) mass is 734 g/mol. The molecule has 0 fully saturated rings. The Labute approximate surface area is 262 Å². The van der Waals surface area contributed by atoms with Gasteiger partial charge in [-0.1, -0.05) is 54.5 Å². The third-order valence-electron chi connectivity index (χ3n) is 6.00. The van der Waals surface area contributed by atoms with Crippen molar-refractivity contribution in [1.82, 2.24) is 20.4 Å². The summed E-state index contributed by atoms with van der Waals surface area (Å²) in [6.07, 6.45) is 1.41. The standard InChI is InChI=1S/C26H20Br2N6O4S3/c27-15-1-3-17-13(9-15)11-19(37-17)23(35)29-25-33-31-21(40-25)5-7-39-8-6-22-32-34-26(41-22)30-24(36)20-12-14-10-16(28)2-4-18(14)38-20/h1-4,9-11,20H,5-8,12H2,(H,29,33,35)(H,30,34,36). The molecule has 210 valence electrons. The molecule has 2 amide bonds. The quantitative estimate of drug-likeness (QED) is 0.157. The number of hydrogen-bond donors (Lipinski definition) is 2. The average molecular weight is 736 g/mol. The number of benzene rings is 2. The summed E-state index contributed by atoms with van der Waals surface area (Å²) >= 11 is 11.3. The predicted molar refractivity (Wildman–Crippen MR) is 167 cm³/mol. The summed E-state index contributed by atoms with van der Waals surface area (Å²) in [7, 11) is 0. The van der Waals surface area contributed by atoms with Crippen LogP contribution in [0.2, 0.25) is 0 Å². The zero-order valence-electron chi connectivity index (χ0n) is 21.1. The van der Waals surface area contributed by atoms with Gasteiger partial charge in [-0.15, -0.1) is 20.4 Å². The van der Waals surface area contributed by atoms with Crippen molar-refractivity contribution in [2.45, 2.75) is 25.4 Å². The van der Waals surface area contributed by atoms with Gasteiger partial charge in [-0.2, -0.15) is 11.8 Å². The lowest BCUT2D eigenvalue weighted by Crippen LogP contribution is -2.31. The van der Waals surface area contributed by atoms with Gasteiger partial charge in [0.05, 0.1) is 0 Å². The molecule has 0 saturated heterocycles. The Hall–Kier alpha value is -2.85. The van der Waals surface area contributed by atoms with Crippen molar-refractivity contribution in [1.29, 1.82) is 0 Å². The average Bonchev–Trinajstić information content (AvgIpc) is 3.74. The van der Waals surface area contributed by atoms with Gasteiger partial charge in [0, 0.05) is 33.6 Å². The number of hydrogen-bond acceptors (Lipinski definition) is 11. The van der Waals surface area contributed by atoms with Crippen LogP contribution in [0.4, 0.5) is 10.3 Å². The number of thioether (sulfide) groups is 1. The van der Waals surface area contributed by atoms with Crippen molar-refractivity contribution in [3.63, 3.8) is 0 Å². The minimum absolute atomic E-state index is 0.218. The van der Waals surface area contributed by atoms with Crippen LogP contribution in [0, 0.1) is 0 Å². The number of fused-ring (bicyclic) bond motifs is 2. The van der Waals surface area contributed by atoms with Crippen LogP contribution in [0.5, 0.6) is 5.75 Å². The first-order valence-electron chi connectivity index (χ1n) is 12.4. The third-order valence-corrected chi connectivity index (χ3v) is 9.77. The second-order valence-electron chi connectivity index (χ2n) is 8.91. The Morgan fingerprint density at radius 2 is 1.59 bits per heavy atom. The molecule has 1 unspecified atom stereocenters. The van der Waals surface area contributed by atoms with Gasteiger partial charge in [0.1, 0.15) is 21.3 Å². The van der Waals surface area contributed by atoms with Crippen molar-refractivity contribution < 1.29 is 18.7 Å². The molecule has 1 aliphatic rings. The normalized spacial score (nSPS) is 14.1. The van der Waals surface area contributed by atoms with Crippen LogP contribution in [-0.2, 0) is 24.1 Å². The Morgan fingerprint density at radius 3 is 2.34 bits per heavy atom. The first-order valence-corrected chi connectivity index (χ1v) is 16.8. The fraction of sp³-hybridized carbons (Fsp3) is 0.231. The van der Waals surface area contributed by atoms with Gasteiger partial charge in [-0.3, -0.25) is 20.2 Å². The summed E-state index contributed by atoms with van der Waals surface area (Å²) in [4.78, 5) is 25.2. The highest BCUT2D eigenvalue weighted by Crippen LogP contribution is 2.32. The lowest BCUT2D eigenvalue weighted by molar-refractivity contribution is -0.122. The number of halogens is 2. The van der Waals surface area contributed by atoms with Gasteiger partial charge >= 0.3 is 0 Å². The van der Waals surface area contributed by atoms with E-state index < -0.39 is 6.10 Å². The van der Waals surface area contributed by atoms with Crippen molar-refractivity contribution >= 4 is 99.3 Å². The van der Waals surface area contributed by atoms with E-state index in [-0.39, 0.29) is 17.6 Å². The molecule has 0 spiro atoms. The van der Waals surface area contributed by atoms with Crippen molar-refractivity contribution in [3.8, 4) is 5.75 Å². The van der Waals surface area contributed by atoms with Gasteiger partial charge in [-0.25, -0.2) is 0 Å². The minimum Gasteiger partial charge on any atom is -0.480 e. The maximum atomic E-state index is 12.6. The molecule has 0 bridgehead atoms. The molecule has 15 heteroatoms. The number of carbonyl (C=O) groups is 2. The van der Waals surface area contributed by atoms with Crippen LogP contribution in [0.1, 0.15) is 26.1 Å². The highest BCUT2D eigenvalue weighted by atomic mass is 79.9. The largest absolute Gasteiger partial charge is 0.480 e. The lowest BCUT2D eigenvalue weighted by atomic mass is 10.1. The lowest BCUT2D eigenvalue weighted by Gasteiger charge is -2.08. The van der Waals surface area contributed by atoms with Crippen LogP contribution in [0.25, 0.3) is 11.0 Å². The molecule has 41 heavy (non-hydrogen) atoms. The molecule has 2 aromatic carbocycles. The number of furan rings is 1. The van der Waals surface area contributed by atoms with Gasteiger partial charge < -0.3 is 9.15 Å². The summed E-state index contributed by atoms with van der Waals surface area (Å²) in [5.41, 5.74) is 1.64. The number of carbonyl (C=O) groups excluding carboxylic acids is 2. The van der Waals surface area contributed by atoms with Crippen LogP contribution >= 0.6 is 66.3 Å². The highest BCUT2D eigenvalue weighted by Gasteiger charge is 2.30. The second kappa shape index (κ2) is 12.6. The van der Waals surface area contributed by atoms with E-state index in [1.165, 1.54) is 22.7 Å². The maximum Gasteiger partial charge on any atom is 0.293 e. The fourth-order valence-corrected chi connectivity index (χ4v) is 7.47. The number of ether oxygens (including phenoxy) is 1. The van der Waals surface area contributed by atoms with Gasteiger partial charge in [0.15, 0.2) is 11.9 Å². The number of aromatic nitrogens is 4. The first-order chi connectivity index (χ1) is 19.9. The third kappa shape index (κ3) is 6.97. The summed E-state index contributed by atoms with van der Waals surface area (Å²) in [5.74, 6) is 2.05. The SMILES string of the molecule is O=C(Nc1nnc(CCSCCc2nnc(NC(=O)C3Cc4cc(Br)ccc4O3)s2)s1)c1cc2cc(Br)ccc2o1. The smallest absolute Gasteiger partial charge is 0.293 e. The molecule has 0 radical (unpaired) electrons. The molecule has 5 aromatic rings. The fourth-order valence-electron chi connectivity index (χ4n) is 4.07.